The first kappa shape index (κ1) is 15.5. The Bertz CT molecular complexity index is 525. The van der Waals surface area contributed by atoms with Crippen LogP contribution in [-0.2, 0) is 22.7 Å². The number of amides is 2. The van der Waals surface area contributed by atoms with E-state index < -0.39 is 12.1 Å². The molecule has 1 fully saturated rings. The van der Waals surface area contributed by atoms with Gasteiger partial charge in [-0.1, -0.05) is 20.8 Å². The number of carbonyl (C=O) groups is 2. The van der Waals surface area contributed by atoms with Crippen LogP contribution in [0, 0.1) is 5.92 Å². The average Bonchev–Trinajstić information content (AvgIpc) is 2.85. The van der Waals surface area contributed by atoms with Crippen LogP contribution in [-0.4, -0.2) is 43.6 Å². The zero-order valence-corrected chi connectivity index (χ0v) is 13.0. The second-order valence-corrected chi connectivity index (χ2v) is 5.86. The highest BCUT2D eigenvalue weighted by atomic mass is 16.2. The molecule has 1 aliphatic heterocycles. The van der Waals surface area contributed by atoms with Crippen molar-refractivity contribution < 1.29 is 9.59 Å². The maximum atomic E-state index is 12.4. The second-order valence-electron chi connectivity index (χ2n) is 5.86. The lowest BCUT2D eigenvalue weighted by atomic mass is 10.1. The van der Waals surface area contributed by atoms with Crippen LogP contribution < -0.4 is 5.32 Å². The van der Waals surface area contributed by atoms with Gasteiger partial charge in [0.05, 0.1) is 6.54 Å². The smallest absolute Gasteiger partial charge is 0.246 e. The summed E-state index contributed by atoms with van der Waals surface area (Å²) in [5.41, 5.74) is 0. The second kappa shape index (κ2) is 6.24. The zero-order chi connectivity index (χ0) is 15.6. The van der Waals surface area contributed by atoms with Gasteiger partial charge < -0.3 is 10.2 Å². The van der Waals surface area contributed by atoms with Crippen molar-refractivity contribution >= 4 is 11.8 Å². The van der Waals surface area contributed by atoms with Crippen molar-refractivity contribution in [1.82, 2.24) is 25.0 Å². The van der Waals surface area contributed by atoms with E-state index in [9.17, 15) is 9.59 Å². The van der Waals surface area contributed by atoms with Crippen LogP contribution in [0.5, 0.6) is 0 Å². The van der Waals surface area contributed by atoms with E-state index in [2.05, 4.69) is 29.2 Å². The molecule has 7 nitrogen and oxygen atoms in total. The molecule has 0 spiro atoms. The summed E-state index contributed by atoms with van der Waals surface area (Å²) in [7, 11) is 0. The normalized spacial score (nSPS) is 22.8. The summed E-state index contributed by atoms with van der Waals surface area (Å²) in [5, 5.41) is 6.95. The van der Waals surface area contributed by atoms with Gasteiger partial charge in [-0.25, -0.2) is 9.67 Å². The maximum Gasteiger partial charge on any atom is 0.246 e. The van der Waals surface area contributed by atoms with E-state index in [1.165, 1.54) is 6.33 Å². The van der Waals surface area contributed by atoms with Crippen molar-refractivity contribution in [3.63, 3.8) is 0 Å². The van der Waals surface area contributed by atoms with Gasteiger partial charge >= 0.3 is 0 Å². The predicted octanol–water partition coefficient (Wildman–Crippen LogP) is 0.560. The van der Waals surface area contributed by atoms with Crippen molar-refractivity contribution in [3.8, 4) is 0 Å². The molecule has 1 aromatic rings. The third-order valence-corrected chi connectivity index (χ3v) is 3.70. The van der Waals surface area contributed by atoms with Gasteiger partial charge in [0.15, 0.2) is 0 Å². The molecule has 0 aromatic carbocycles. The number of piperazine rings is 1. The lowest BCUT2D eigenvalue weighted by molar-refractivity contribution is -0.149. The fraction of sp³-hybridized carbons (Fsp3) is 0.714. The summed E-state index contributed by atoms with van der Waals surface area (Å²) in [6.07, 6.45) is 2.08. The molecule has 1 saturated heterocycles. The van der Waals surface area contributed by atoms with Gasteiger partial charge in [0.1, 0.15) is 24.2 Å². The van der Waals surface area contributed by atoms with E-state index >= 15 is 0 Å². The quantitative estimate of drug-likeness (QED) is 0.860. The van der Waals surface area contributed by atoms with E-state index in [1.807, 2.05) is 6.92 Å². The molecular weight excluding hydrogens is 270 g/mol. The Labute approximate surface area is 124 Å². The van der Waals surface area contributed by atoms with E-state index in [-0.39, 0.29) is 11.8 Å². The molecule has 116 valence electrons. The molecule has 1 aliphatic rings. The number of carbonyl (C=O) groups excluding carboxylic acids is 2. The van der Waals surface area contributed by atoms with E-state index in [1.54, 1.807) is 16.5 Å². The van der Waals surface area contributed by atoms with Crippen LogP contribution in [0.3, 0.4) is 0 Å². The van der Waals surface area contributed by atoms with Crippen LogP contribution in [0.4, 0.5) is 0 Å². The number of rotatable bonds is 5. The summed E-state index contributed by atoms with van der Waals surface area (Å²) >= 11 is 0. The van der Waals surface area contributed by atoms with Gasteiger partial charge in [-0.3, -0.25) is 9.59 Å². The number of nitrogens with zero attached hydrogens (tertiary/aromatic N) is 4. The third-order valence-electron chi connectivity index (χ3n) is 3.70. The molecule has 0 aliphatic carbocycles. The Morgan fingerprint density at radius 2 is 2.10 bits per heavy atom. The lowest BCUT2D eigenvalue weighted by Crippen LogP contribution is -2.61. The largest absolute Gasteiger partial charge is 0.343 e. The first-order valence-electron chi connectivity index (χ1n) is 7.41. The first-order valence-corrected chi connectivity index (χ1v) is 7.41. The Kier molecular flexibility index (Phi) is 4.59. The topological polar surface area (TPSA) is 80.1 Å². The predicted molar refractivity (Wildman–Crippen MR) is 77.1 cm³/mol. The molecular formula is C14H23N5O2. The Morgan fingerprint density at radius 3 is 2.71 bits per heavy atom. The summed E-state index contributed by atoms with van der Waals surface area (Å²) in [6.45, 7) is 8.88. The van der Waals surface area contributed by atoms with E-state index in [0.717, 1.165) is 6.54 Å². The highest BCUT2D eigenvalue weighted by molar-refractivity contribution is 5.96. The fourth-order valence-electron chi connectivity index (χ4n) is 2.44. The van der Waals surface area contributed by atoms with Gasteiger partial charge in [0.25, 0.3) is 0 Å². The molecule has 2 atom stereocenters. The lowest BCUT2D eigenvalue weighted by Gasteiger charge is -2.36. The molecule has 2 heterocycles. The first-order chi connectivity index (χ1) is 9.93. The molecule has 1 N–H and O–H groups in total. The molecule has 2 amide bonds. The molecule has 1 aromatic heterocycles. The van der Waals surface area contributed by atoms with E-state index in [4.69, 9.17) is 0 Å². The van der Waals surface area contributed by atoms with Gasteiger partial charge in [0.2, 0.25) is 11.8 Å². The Morgan fingerprint density at radius 1 is 1.38 bits per heavy atom. The summed E-state index contributed by atoms with van der Waals surface area (Å²) in [5.74, 6) is 0.986. The Balaban J connectivity index is 2.18. The van der Waals surface area contributed by atoms with Gasteiger partial charge in [-0.15, -0.1) is 0 Å². The van der Waals surface area contributed by atoms with Crippen molar-refractivity contribution in [2.75, 3.05) is 0 Å². The average molecular weight is 293 g/mol. The minimum absolute atomic E-state index is 0.0521. The summed E-state index contributed by atoms with van der Waals surface area (Å²) in [6, 6.07) is -0.917. The van der Waals surface area contributed by atoms with Crippen LogP contribution in [0.1, 0.15) is 39.9 Å². The molecule has 0 radical (unpaired) electrons. The van der Waals surface area contributed by atoms with Crippen molar-refractivity contribution in [2.45, 2.75) is 59.3 Å². The van der Waals surface area contributed by atoms with E-state index in [0.29, 0.717) is 24.7 Å². The minimum atomic E-state index is -0.482. The summed E-state index contributed by atoms with van der Waals surface area (Å²) < 4.78 is 1.80. The SMILES string of the molecule is CCC1NC(=O)C(C)N(Cc2ncnn2CC(C)C)C1=O. The number of aromatic nitrogens is 3. The molecule has 0 bridgehead atoms. The zero-order valence-electron chi connectivity index (χ0n) is 13.0. The van der Waals surface area contributed by atoms with Crippen molar-refractivity contribution in [2.24, 2.45) is 5.92 Å². The molecule has 7 heteroatoms. The van der Waals surface area contributed by atoms with Crippen LogP contribution in [0.2, 0.25) is 0 Å². The number of hydrogen-bond donors (Lipinski definition) is 1. The highest BCUT2D eigenvalue weighted by Gasteiger charge is 2.37. The minimum Gasteiger partial charge on any atom is -0.343 e. The van der Waals surface area contributed by atoms with Crippen molar-refractivity contribution in [3.05, 3.63) is 12.2 Å². The van der Waals surface area contributed by atoms with Gasteiger partial charge in [-0.2, -0.15) is 5.10 Å². The fourth-order valence-corrected chi connectivity index (χ4v) is 2.44. The third kappa shape index (κ3) is 3.22. The molecule has 2 unspecified atom stereocenters. The monoisotopic (exact) mass is 293 g/mol. The van der Waals surface area contributed by atoms with Gasteiger partial charge in [-0.05, 0) is 19.3 Å². The molecule has 2 rings (SSSR count). The van der Waals surface area contributed by atoms with Crippen LogP contribution in [0.15, 0.2) is 6.33 Å². The molecule has 0 saturated carbocycles. The van der Waals surface area contributed by atoms with Crippen molar-refractivity contribution in [1.29, 1.82) is 0 Å². The molecule has 21 heavy (non-hydrogen) atoms. The maximum absolute atomic E-state index is 12.4. The van der Waals surface area contributed by atoms with Crippen LogP contribution in [0.25, 0.3) is 0 Å². The van der Waals surface area contributed by atoms with Crippen LogP contribution >= 0.6 is 0 Å². The Hall–Kier alpha value is -1.92. The highest BCUT2D eigenvalue weighted by Crippen LogP contribution is 2.15. The number of hydrogen-bond acceptors (Lipinski definition) is 4. The van der Waals surface area contributed by atoms with Gasteiger partial charge in [0, 0.05) is 6.54 Å². The summed E-state index contributed by atoms with van der Waals surface area (Å²) in [4.78, 5) is 30.2. The number of nitrogens with one attached hydrogen (secondary N) is 1. The standard InChI is InChI=1S/C14H23N5O2/c1-5-11-14(21)18(10(4)13(20)17-11)7-12-15-8-16-19(12)6-9(2)3/h8-11H,5-7H2,1-4H3,(H,17,20).